The van der Waals surface area contributed by atoms with Crippen LogP contribution < -0.4 is 0 Å². The first kappa shape index (κ1) is 20.0. The fourth-order valence-corrected chi connectivity index (χ4v) is 4.26. The monoisotopic (exact) mass is 425 g/mol. The number of carbonyl (C=O) groups is 2. The van der Waals surface area contributed by atoms with Crippen molar-refractivity contribution in [3.63, 3.8) is 0 Å². The number of hydrogen-bond donors (Lipinski definition) is 1. The zero-order chi connectivity index (χ0) is 21.4. The number of thiophene rings is 1. The zero-order valence-corrected chi connectivity index (χ0v) is 16.7. The zero-order valence-electron chi connectivity index (χ0n) is 15.9. The topological polar surface area (TPSA) is 57.6 Å². The van der Waals surface area contributed by atoms with Gasteiger partial charge in [-0.2, -0.15) is 0 Å². The molecule has 152 valence electrons. The lowest BCUT2D eigenvalue weighted by Gasteiger charge is -2.25. The number of benzene rings is 2. The number of carbonyl (C=O) groups excluding carboxylic acids is 2. The van der Waals surface area contributed by atoms with Gasteiger partial charge in [-0.05, 0) is 59.8 Å². The Bertz CT molecular complexity index is 1150. The van der Waals surface area contributed by atoms with E-state index in [4.69, 9.17) is 0 Å². The first-order valence-corrected chi connectivity index (χ1v) is 10.1. The first-order valence-electron chi connectivity index (χ1n) is 9.19. The van der Waals surface area contributed by atoms with Crippen molar-refractivity contribution >= 4 is 28.8 Å². The highest BCUT2D eigenvalue weighted by Gasteiger charge is 2.46. The SMILES string of the molecule is Cc1cc(/C(O)=C2/C(=O)C(=O)N(Cc3cccs3)C2c2ccc(F)cc2)ccc1F. The molecule has 0 spiro atoms. The molecule has 1 saturated heterocycles. The molecule has 1 amide bonds. The number of aliphatic hydroxyl groups excluding tert-OH is 1. The van der Waals surface area contributed by atoms with Gasteiger partial charge in [0, 0.05) is 10.4 Å². The van der Waals surface area contributed by atoms with E-state index < -0.39 is 29.4 Å². The number of aryl methyl sites for hydroxylation is 1. The highest BCUT2D eigenvalue weighted by atomic mass is 32.1. The smallest absolute Gasteiger partial charge is 0.295 e. The van der Waals surface area contributed by atoms with Crippen LogP contribution in [-0.4, -0.2) is 21.7 Å². The maximum atomic E-state index is 13.7. The van der Waals surface area contributed by atoms with E-state index in [0.29, 0.717) is 11.1 Å². The number of halogens is 2. The third-order valence-corrected chi connectivity index (χ3v) is 5.92. The Morgan fingerprint density at radius 3 is 2.47 bits per heavy atom. The van der Waals surface area contributed by atoms with Gasteiger partial charge in [-0.25, -0.2) is 8.78 Å². The van der Waals surface area contributed by atoms with E-state index in [9.17, 15) is 23.5 Å². The Morgan fingerprint density at radius 2 is 1.83 bits per heavy atom. The number of hydrogen-bond acceptors (Lipinski definition) is 4. The minimum atomic E-state index is -0.891. The van der Waals surface area contributed by atoms with Crippen molar-refractivity contribution in [2.75, 3.05) is 0 Å². The largest absolute Gasteiger partial charge is 0.507 e. The molecular weight excluding hydrogens is 408 g/mol. The van der Waals surface area contributed by atoms with E-state index in [1.54, 1.807) is 6.92 Å². The lowest BCUT2D eigenvalue weighted by atomic mass is 9.95. The number of nitrogens with zero attached hydrogens (tertiary/aromatic N) is 1. The average molecular weight is 425 g/mol. The van der Waals surface area contributed by atoms with Crippen molar-refractivity contribution in [1.29, 1.82) is 0 Å². The summed E-state index contributed by atoms with van der Waals surface area (Å²) in [5, 5.41) is 12.8. The van der Waals surface area contributed by atoms with Gasteiger partial charge in [0.25, 0.3) is 11.7 Å². The molecule has 4 rings (SSSR count). The van der Waals surface area contributed by atoms with Crippen molar-refractivity contribution in [1.82, 2.24) is 4.90 Å². The molecule has 1 unspecified atom stereocenters. The summed E-state index contributed by atoms with van der Waals surface area (Å²) in [4.78, 5) is 28.0. The van der Waals surface area contributed by atoms with Gasteiger partial charge in [0.1, 0.15) is 17.4 Å². The summed E-state index contributed by atoms with van der Waals surface area (Å²) >= 11 is 1.44. The van der Waals surface area contributed by atoms with Crippen LogP contribution in [-0.2, 0) is 16.1 Å². The van der Waals surface area contributed by atoms with Crippen LogP contribution in [0.2, 0.25) is 0 Å². The molecule has 30 heavy (non-hydrogen) atoms. The van der Waals surface area contributed by atoms with Gasteiger partial charge < -0.3 is 10.0 Å². The van der Waals surface area contributed by atoms with Crippen LogP contribution in [0.1, 0.15) is 27.6 Å². The normalized spacial score (nSPS) is 18.2. The van der Waals surface area contributed by atoms with Crippen LogP contribution in [0.3, 0.4) is 0 Å². The molecule has 1 aromatic heterocycles. The van der Waals surface area contributed by atoms with Crippen LogP contribution in [0.25, 0.3) is 5.76 Å². The lowest BCUT2D eigenvalue weighted by molar-refractivity contribution is -0.140. The first-order chi connectivity index (χ1) is 14.4. The molecule has 0 bridgehead atoms. The minimum absolute atomic E-state index is 0.103. The van der Waals surface area contributed by atoms with Crippen molar-refractivity contribution in [3.8, 4) is 0 Å². The number of likely N-dealkylation sites (tertiary alicyclic amines) is 1. The van der Waals surface area contributed by atoms with Crippen molar-refractivity contribution < 1.29 is 23.5 Å². The average Bonchev–Trinajstić information content (AvgIpc) is 3.33. The van der Waals surface area contributed by atoms with E-state index in [1.807, 2.05) is 17.5 Å². The van der Waals surface area contributed by atoms with Crippen LogP contribution >= 0.6 is 11.3 Å². The number of ketones is 1. The minimum Gasteiger partial charge on any atom is -0.507 e. The molecule has 7 heteroatoms. The van der Waals surface area contributed by atoms with E-state index in [2.05, 4.69) is 0 Å². The van der Waals surface area contributed by atoms with Gasteiger partial charge in [-0.1, -0.05) is 18.2 Å². The second-order valence-electron chi connectivity index (χ2n) is 7.02. The summed E-state index contributed by atoms with van der Waals surface area (Å²) < 4.78 is 27.2. The number of amides is 1. The Hall–Kier alpha value is -3.32. The summed E-state index contributed by atoms with van der Waals surface area (Å²) in [7, 11) is 0. The Morgan fingerprint density at radius 1 is 1.10 bits per heavy atom. The van der Waals surface area contributed by atoms with Crippen molar-refractivity contribution in [2.45, 2.75) is 19.5 Å². The lowest BCUT2D eigenvalue weighted by Crippen LogP contribution is -2.28. The van der Waals surface area contributed by atoms with Gasteiger partial charge >= 0.3 is 0 Å². The highest BCUT2D eigenvalue weighted by molar-refractivity contribution is 7.09. The molecule has 1 atom stereocenters. The van der Waals surface area contributed by atoms with Gasteiger partial charge in [0.05, 0.1) is 18.2 Å². The van der Waals surface area contributed by atoms with Crippen LogP contribution in [0.5, 0.6) is 0 Å². The molecule has 1 aliphatic heterocycles. The summed E-state index contributed by atoms with van der Waals surface area (Å²) in [6.07, 6.45) is 0. The maximum absolute atomic E-state index is 13.7. The van der Waals surface area contributed by atoms with Gasteiger partial charge in [0.15, 0.2) is 0 Å². The standard InChI is InChI=1S/C23H17F2NO3S/c1-13-11-15(6-9-18(13)25)21(27)19-20(14-4-7-16(24)8-5-14)26(23(29)22(19)28)12-17-3-2-10-30-17/h2-11,20,27H,12H2,1H3/b21-19-. The second-order valence-corrected chi connectivity index (χ2v) is 8.05. The summed E-state index contributed by atoms with van der Waals surface area (Å²) in [6.45, 7) is 1.71. The summed E-state index contributed by atoms with van der Waals surface area (Å²) in [5.74, 6) is -2.87. The molecule has 0 aliphatic carbocycles. The molecule has 1 fully saturated rings. The quantitative estimate of drug-likeness (QED) is 0.365. The van der Waals surface area contributed by atoms with Crippen molar-refractivity contribution in [2.24, 2.45) is 0 Å². The van der Waals surface area contributed by atoms with Crippen molar-refractivity contribution in [3.05, 3.63) is 98.8 Å². The molecule has 3 aromatic rings. The molecule has 1 aliphatic rings. The molecular formula is C23H17F2NO3S. The van der Waals surface area contributed by atoms with E-state index in [-0.39, 0.29) is 23.4 Å². The van der Waals surface area contributed by atoms with Crippen LogP contribution in [0.15, 0.2) is 65.6 Å². The van der Waals surface area contributed by atoms with E-state index in [1.165, 1.54) is 58.7 Å². The van der Waals surface area contributed by atoms with E-state index in [0.717, 1.165) is 4.88 Å². The highest BCUT2D eigenvalue weighted by Crippen LogP contribution is 2.40. The fraction of sp³-hybridized carbons (Fsp3) is 0.130. The second kappa shape index (κ2) is 7.84. The number of Topliss-reactive ketones (excluding diaryl/α,β-unsaturated/α-hetero) is 1. The van der Waals surface area contributed by atoms with Gasteiger partial charge in [0.2, 0.25) is 0 Å². The van der Waals surface area contributed by atoms with Gasteiger partial charge in [-0.3, -0.25) is 9.59 Å². The van der Waals surface area contributed by atoms with Gasteiger partial charge in [-0.15, -0.1) is 11.3 Å². The summed E-state index contributed by atoms with van der Waals surface area (Å²) in [5.41, 5.74) is 0.919. The number of aliphatic hydroxyl groups is 1. The number of rotatable bonds is 4. The Labute approximate surface area is 175 Å². The molecule has 2 heterocycles. The fourth-order valence-electron chi connectivity index (χ4n) is 3.55. The molecule has 2 aromatic carbocycles. The molecule has 1 N–H and O–H groups in total. The molecule has 0 saturated carbocycles. The predicted molar refractivity (Wildman–Crippen MR) is 110 cm³/mol. The predicted octanol–water partition coefficient (Wildman–Crippen LogP) is 4.96. The Kier molecular flexibility index (Phi) is 5.22. The third-order valence-electron chi connectivity index (χ3n) is 5.06. The Balaban J connectivity index is 1.87. The van der Waals surface area contributed by atoms with Crippen LogP contribution in [0, 0.1) is 18.6 Å². The molecule has 0 radical (unpaired) electrons. The van der Waals surface area contributed by atoms with E-state index >= 15 is 0 Å². The van der Waals surface area contributed by atoms with Crippen LogP contribution in [0.4, 0.5) is 8.78 Å². The molecule has 4 nitrogen and oxygen atoms in total. The third kappa shape index (κ3) is 3.52. The maximum Gasteiger partial charge on any atom is 0.295 e. The summed E-state index contributed by atoms with van der Waals surface area (Å²) in [6, 6.07) is 12.2.